The summed E-state index contributed by atoms with van der Waals surface area (Å²) in [4.78, 5) is 29.7. The maximum atomic E-state index is 12.8. The summed E-state index contributed by atoms with van der Waals surface area (Å²) in [6.07, 6.45) is 3.27. The average Bonchev–Trinajstić information content (AvgIpc) is 2.71. The van der Waals surface area contributed by atoms with Gasteiger partial charge in [0.05, 0.1) is 18.3 Å². The zero-order valence-corrected chi connectivity index (χ0v) is 18.6. The molecule has 2 aromatic rings. The highest BCUT2D eigenvalue weighted by Crippen LogP contribution is 2.32. The first kappa shape index (κ1) is 22.7. The largest absolute Gasteiger partial charge is 0.444 e. The number of nitrogens with zero attached hydrogens (tertiary/aromatic N) is 1. The maximum absolute atomic E-state index is 12.8. The van der Waals surface area contributed by atoms with Gasteiger partial charge in [0, 0.05) is 23.4 Å². The number of benzene rings is 1. The highest BCUT2D eigenvalue weighted by Gasteiger charge is 2.24. The molecule has 2 atom stereocenters. The predicted molar refractivity (Wildman–Crippen MR) is 119 cm³/mol. The van der Waals surface area contributed by atoms with Gasteiger partial charge >= 0.3 is 6.09 Å². The Hall–Kier alpha value is -2.93. The quantitative estimate of drug-likeness (QED) is 0.655. The van der Waals surface area contributed by atoms with E-state index in [4.69, 9.17) is 4.74 Å². The number of pyridine rings is 1. The smallest absolute Gasteiger partial charge is 0.408 e. The van der Waals surface area contributed by atoms with Gasteiger partial charge in [-0.2, -0.15) is 0 Å². The summed E-state index contributed by atoms with van der Waals surface area (Å²) in [7, 11) is 0. The first-order valence-corrected chi connectivity index (χ1v) is 10.7. The third-order valence-corrected chi connectivity index (χ3v) is 5.24. The molecule has 166 valence electrons. The number of aliphatic hydroxyl groups excluding tert-OH is 1. The van der Waals surface area contributed by atoms with Crippen molar-refractivity contribution < 1.29 is 19.4 Å². The predicted octanol–water partition coefficient (Wildman–Crippen LogP) is 4.57. The van der Waals surface area contributed by atoms with Crippen LogP contribution in [0, 0.1) is 5.92 Å². The molecule has 0 fully saturated rings. The lowest BCUT2D eigenvalue weighted by atomic mass is 9.95. The molecule has 31 heavy (non-hydrogen) atoms. The lowest BCUT2D eigenvalue weighted by Gasteiger charge is -2.25. The number of alkyl carbamates (subject to hydrolysis) is 1. The summed E-state index contributed by atoms with van der Waals surface area (Å²) >= 11 is 0. The number of hydrogen-bond acceptors (Lipinski definition) is 5. The van der Waals surface area contributed by atoms with Crippen molar-refractivity contribution in [3.63, 3.8) is 0 Å². The molecule has 0 radical (unpaired) electrons. The first-order chi connectivity index (χ1) is 14.7. The molecule has 2 bridgehead atoms. The Morgan fingerprint density at radius 1 is 1.26 bits per heavy atom. The summed E-state index contributed by atoms with van der Waals surface area (Å²) in [6.45, 7) is 7.26. The number of fused-ring (bicyclic) bond motifs is 4. The standard InChI is InChI=1S/C24H31N3O4/c1-15-6-5-7-19(27-23(30)31-24(2,3)4)21-13-17(10-11-25-21)18-9-8-16(14-28)12-20(18)26-22(15)29/h8-13,15,19,28H,5-7,14H2,1-4H3,(H,26,29)(H,27,30)/t15-,19+/m1/s1. The van der Waals surface area contributed by atoms with Crippen molar-refractivity contribution in [3.8, 4) is 11.1 Å². The Balaban J connectivity index is 2.01. The SMILES string of the molecule is C[C@@H]1CCC[C@H](NC(=O)OC(C)(C)C)c2cc(ccn2)-c2ccc(CO)cc2NC1=O. The van der Waals surface area contributed by atoms with Gasteiger partial charge in [0.2, 0.25) is 5.91 Å². The molecule has 0 unspecified atom stereocenters. The molecular weight excluding hydrogens is 394 g/mol. The number of aliphatic hydroxyl groups is 1. The van der Waals surface area contributed by atoms with E-state index in [1.807, 2.05) is 52.0 Å². The fraction of sp³-hybridized carbons (Fsp3) is 0.458. The zero-order valence-electron chi connectivity index (χ0n) is 18.6. The van der Waals surface area contributed by atoms with Crippen LogP contribution >= 0.6 is 0 Å². The molecule has 0 saturated heterocycles. The Labute approximate surface area is 183 Å². The van der Waals surface area contributed by atoms with Crippen molar-refractivity contribution >= 4 is 17.7 Å². The molecule has 3 rings (SSSR count). The number of carbonyl (C=O) groups is 2. The summed E-state index contributed by atoms with van der Waals surface area (Å²) in [6, 6.07) is 8.97. The number of rotatable bonds is 2. The molecule has 2 amide bonds. The van der Waals surface area contributed by atoms with E-state index in [0.29, 0.717) is 18.5 Å². The Morgan fingerprint density at radius 3 is 2.74 bits per heavy atom. The van der Waals surface area contributed by atoms with Crippen LogP contribution in [0.4, 0.5) is 10.5 Å². The Bertz CT molecular complexity index is 952. The normalized spacial score (nSPS) is 19.3. The average molecular weight is 426 g/mol. The molecule has 1 aromatic heterocycles. The van der Waals surface area contributed by atoms with E-state index >= 15 is 0 Å². The van der Waals surface area contributed by atoms with Crippen molar-refractivity contribution in [1.82, 2.24) is 10.3 Å². The van der Waals surface area contributed by atoms with Gasteiger partial charge in [0.15, 0.2) is 0 Å². The van der Waals surface area contributed by atoms with Gasteiger partial charge in [-0.3, -0.25) is 9.78 Å². The second-order valence-electron chi connectivity index (χ2n) is 9.03. The second kappa shape index (κ2) is 9.47. The molecule has 7 heteroatoms. The highest BCUT2D eigenvalue weighted by molar-refractivity contribution is 5.96. The Morgan fingerprint density at radius 2 is 2.03 bits per heavy atom. The van der Waals surface area contributed by atoms with E-state index in [-0.39, 0.29) is 24.5 Å². The summed E-state index contributed by atoms with van der Waals surface area (Å²) < 4.78 is 5.44. The topological polar surface area (TPSA) is 101 Å². The van der Waals surface area contributed by atoms with Crippen molar-refractivity contribution in [2.75, 3.05) is 5.32 Å². The summed E-state index contributed by atoms with van der Waals surface area (Å²) in [5.41, 5.74) is 3.21. The van der Waals surface area contributed by atoms with Crippen LogP contribution in [-0.4, -0.2) is 27.7 Å². The first-order valence-electron chi connectivity index (χ1n) is 10.7. The van der Waals surface area contributed by atoms with E-state index < -0.39 is 11.7 Å². The van der Waals surface area contributed by atoms with Crippen LogP contribution in [0.2, 0.25) is 0 Å². The lowest BCUT2D eigenvalue weighted by molar-refractivity contribution is -0.119. The molecule has 3 N–H and O–H groups in total. The molecule has 0 saturated carbocycles. The summed E-state index contributed by atoms with van der Waals surface area (Å²) in [5, 5.41) is 15.5. The van der Waals surface area contributed by atoms with Gasteiger partial charge in [0.1, 0.15) is 5.60 Å². The minimum atomic E-state index is -0.597. The van der Waals surface area contributed by atoms with E-state index in [9.17, 15) is 14.7 Å². The van der Waals surface area contributed by atoms with Crippen LogP contribution in [-0.2, 0) is 16.1 Å². The van der Waals surface area contributed by atoms with E-state index in [1.54, 1.807) is 12.3 Å². The highest BCUT2D eigenvalue weighted by atomic mass is 16.6. The van der Waals surface area contributed by atoms with Gasteiger partial charge in [-0.05, 0) is 62.9 Å². The molecule has 1 aliphatic rings. The van der Waals surface area contributed by atoms with E-state index in [1.165, 1.54) is 0 Å². The molecule has 2 heterocycles. The van der Waals surface area contributed by atoms with E-state index in [0.717, 1.165) is 28.8 Å². The van der Waals surface area contributed by atoms with Crippen molar-refractivity contribution in [2.45, 2.75) is 65.2 Å². The number of amides is 2. The number of ether oxygens (including phenoxy) is 1. The third kappa shape index (κ3) is 6.04. The van der Waals surface area contributed by atoms with Crippen LogP contribution < -0.4 is 10.6 Å². The molecule has 7 nitrogen and oxygen atoms in total. The molecule has 1 aliphatic heterocycles. The monoisotopic (exact) mass is 425 g/mol. The molecule has 0 spiro atoms. The van der Waals surface area contributed by atoms with Gasteiger partial charge in [-0.1, -0.05) is 25.5 Å². The van der Waals surface area contributed by atoms with Crippen LogP contribution in [0.5, 0.6) is 0 Å². The second-order valence-corrected chi connectivity index (χ2v) is 9.03. The lowest BCUT2D eigenvalue weighted by Crippen LogP contribution is -2.35. The van der Waals surface area contributed by atoms with Gasteiger partial charge in [-0.15, -0.1) is 0 Å². The van der Waals surface area contributed by atoms with Crippen molar-refractivity contribution in [3.05, 3.63) is 47.8 Å². The number of carbonyl (C=O) groups excluding carboxylic acids is 2. The van der Waals surface area contributed by atoms with Crippen LogP contribution in [0.15, 0.2) is 36.5 Å². The van der Waals surface area contributed by atoms with Crippen molar-refractivity contribution in [2.24, 2.45) is 5.92 Å². The van der Waals surface area contributed by atoms with Crippen LogP contribution in [0.25, 0.3) is 11.1 Å². The van der Waals surface area contributed by atoms with Gasteiger partial charge in [0.25, 0.3) is 0 Å². The van der Waals surface area contributed by atoms with Crippen LogP contribution in [0.1, 0.15) is 64.3 Å². The van der Waals surface area contributed by atoms with Crippen molar-refractivity contribution in [1.29, 1.82) is 0 Å². The maximum Gasteiger partial charge on any atom is 0.408 e. The number of nitrogens with one attached hydrogen (secondary N) is 2. The van der Waals surface area contributed by atoms with E-state index in [2.05, 4.69) is 15.6 Å². The molecule has 1 aromatic carbocycles. The Kier molecular flexibility index (Phi) is 6.95. The molecule has 0 aliphatic carbocycles. The third-order valence-electron chi connectivity index (χ3n) is 5.24. The number of anilines is 1. The summed E-state index contributed by atoms with van der Waals surface area (Å²) in [5.74, 6) is -0.263. The minimum absolute atomic E-state index is 0.0668. The van der Waals surface area contributed by atoms with Gasteiger partial charge in [-0.25, -0.2) is 4.79 Å². The fourth-order valence-electron chi connectivity index (χ4n) is 3.61. The van der Waals surface area contributed by atoms with Gasteiger partial charge < -0.3 is 20.5 Å². The molecular formula is C24H31N3O4. The minimum Gasteiger partial charge on any atom is -0.444 e. The number of hydrogen-bond donors (Lipinski definition) is 3. The fourth-order valence-corrected chi connectivity index (χ4v) is 3.61. The number of aromatic nitrogens is 1. The van der Waals surface area contributed by atoms with Crippen LogP contribution in [0.3, 0.4) is 0 Å². The zero-order chi connectivity index (χ0) is 22.6.